The van der Waals surface area contributed by atoms with Crippen LogP contribution in [0.25, 0.3) is 11.2 Å². The summed E-state index contributed by atoms with van der Waals surface area (Å²) in [4.78, 5) is 12.7. The zero-order valence-electron chi connectivity index (χ0n) is 18.9. The largest absolute Gasteiger partial charge is 0.382 e. The molecule has 1 aliphatic heterocycles. The van der Waals surface area contributed by atoms with Crippen molar-refractivity contribution in [1.29, 1.82) is 0 Å². The van der Waals surface area contributed by atoms with Crippen molar-refractivity contribution in [1.82, 2.24) is 24.8 Å². The maximum Gasteiger partial charge on any atom is 0.167 e. The maximum absolute atomic E-state index is 6.27. The lowest BCUT2D eigenvalue weighted by molar-refractivity contribution is 0.0153. The minimum absolute atomic E-state index is 0.0408. The average Bonchev–Trinajstić information content (AvgIpc) is 3.43. The zero-order chi connectivity index (χ0) is 23.2. The Balaban J connectivity index is 1.17. The molecule has 0 radical (unpaired) electrons. The van der Waals surface area contributed by atoms with E-state index >= 15 is 0 Å². The molecule has 4 rings (SSSR count). The van der Waals surface area contributed by atoms with E-state index < -0.39 is 0 Å². The van der Waals surface area contributed by atoms with Crippen molar-refractivity contribution in [3.63, 3.8) is 0 Å². The number of nitrogens with zero attached hydrogens (tertiary/aromatic N) is 4. The molecular formula is C23H30BrN7OS. The molecule has 0 bridgehead atoms. The second-order valence-corrected chi connectivity index (χ2v) is 10.3. The average molecular weight is 533 g/mol. The highest BCUT2D eigenvalue weighted by Gasteiger charge is 2.28. The fourth-order valence-electron chi connectivity index (χ4n) is 3.75. The van der Waals surface area contributed by atoms with E-state index in [0.717, 1.165) is 58.9 Å². The first-order valence-electron chi connectivity index (χ1n) is 11.1. The number of rotatable bonds is 10. The minimum atomic E-state index is -0.0408. The van der Waals surface area contributed by atoms with Crippen molar-refractivity contribution in [3.05, 3.63) is 52.8 Å². The molecule has 176 valence electrons. The molecule has 0 spiro atoms. The van der Waals surface area contributed by atoms with Gasteiger partial charge in [-0.15, -0.1) is 0 Å². The number of benzene rings is 1. The highest BCUT2D eigenvalue weighted by Crippen LogP contribution is 2.32. The van der Waals surface area contributed by atoms with Gasteiger partial charge in [0.15, 0.2) is 11.5 Å². The van der Waals surface area contributed by atoms with Gasteiger partial charge in [0.05, 0.1) is 12.4 Å². The van der Waals surface area contributed by atoms with Gasteiger partial charge in [0.1, 0.15) is 23.9 Å². The lowest BCUT2D eigenvalue weighted by atomic mass is 10.2. The second-order valence-electron chi connectivity index (χ2n) is 8.24. The van der Waals surface area contributed by atoms with Gasteiger partial charge in [0.25, 0.3) is 0 Å². The van der Waals surface area contributed by atoms with E-state index in [4.69, 9.17) is 10.5 Å². The quantitative estimate of drug-likeness (QED) is 0.316. The summed E-state index contributed by atoms with van der Waals surface area (Å²) in [5.74, 6) is 3.55. The number of anilines is 2. The van der Waals surface area contributed by atoms with Crippen LogP contribution in [0, 0.1) is 0 Å². The zero-order valence-corrected chi connectivity index (χ0v) is 21.3. The normalized spacial score (nSPS) is 17.9. The van der Waals surface area contributed by atoms with Crippen LogP contribution in [0.5, 0.6) is 0 Å². The molecule has 2 unspecified atom stereocenters. The molecule has 8 nitrogen and oxygen atoms in total. The summed E-state index contributed by atoms with van der Waals surface area (Å²) in [7, 11) is 0. The molecule has 0 aliphatic carbocycles. The van der Waals surface area contributed by atoms with Gasteiger partial charge in [0.2, 0.25) is 0 Å². The number of hydrogen-bond acceptors (Lipinski definition) is 8. The number of nitrogens with two attached hydrogens (primary N) is 1. The number of halogens is 1. The summed E-state index contributed by atoms with van der Waals surface area (Å²) >= 11 is 5.47. The van der Waals surface area contributed by atoms with E-state index in [2.05, 4.69) is 67.5 Å². The number of hydrogen-bond donors (Lipinski definition) is 3. The Morgan fingerprint density at radius 2 is 2.15 bits per heavy atom. The number of aromatic nitrogens is 4. The van der Waals surface area contributed by atoms with Crippen LogP contribution in [0.1, 0.15) is 39.3 Å². The number of fused-ring (bicyclic) bond motifs is 1. The molecule has 2 atom stereocenters. The van der Waals surface area contributed by atoms with E-state index in [1.54, 1.807) is 6.33 Å². The smallest absolute Gasteiger partial charge is 0.167 e. The van der Waals surface area contributed by atoms with Gasteiger partial charge in [-0.25, -0.2) is 15.0 Å². The molecule has 2 aromatic heterocycles. The monoisotopic (exact) mass is 531 g/mol. The van der Waals surface area contributed by atoms with Crippen LogP contribution < -0.4 is 16.4 Å². The Labute approximate surface area is 206 Å². The van der Waals surface area contributed by atoms with Crippen LogP contribution in [0.4, 0.5) is 11.5 Å². The van der Waals surface area contributed by atoms with Crippen molar-refractivity contribution in [2.45, 2.75) is 45.4 Å². The highest BCUT2D eigenvalue weighted by molar-refractivity contribution is 9.10. The summed E-state index contributed by atoms with van der Waals surface area (Å²) in [6.45, 7) is 5.14. The summed E-state index contributed by atoms with van der Waals surface area (Å²) in [5, 5.41) is 7.02. The van der Waals surface area contributed by atoms with E-state index in [0.29, 0.717) is 11.3 Å². The van der Waals surface area contributed by atoms with Crippen molar-refractivity contribution in [2.24, 2.45) is 0 Å². The Morgan fingerprint density at radius 1 is 1.27 bits per heavy atom. The van der Waals surface area contributed by atoms with Crippen LogP contribution in [-0.2, 0) is 4.74 Å². The SMILES string of the molecule is CC(C)=C(NCCCSCC1CCC(n2cnc3c(N)ncnc32)O1)Nc1cccc(Br)c1. The van der Waals surface area contributed by atoms with Gasteiger partial charge < -0.3 is 21.1 Å². The van der Waals surface area contributed by atoms with Crippen molar-refractivity contribution in [2.75, 3.05) is 29.1 Å². The first-order chi connectivity index (χ1) is 16.0. The summed E-state index contributed by atoms with van der Waals surface area (Å²) in [6, 6.07) is 8.19. The fraction of sp³-hybridized carbons (Fsp3) is 0.435. The second kappa shape index (κ2) is 11.2. The number of nitrogen functional groups attached to an aromatic ring is 1. The van der Waals surface area contributed by atoms with Gasteiger partial charge >= 0.3 is 0 Å². The summed E-state index contributed by atoms with van der Waals surface area (Å²) in [6.07, 6.45) is 6.50. The number of imidazole rings is 1. The third kappa shape index (κ3) is 6.18. The number of ether oxygens (including phenoxy) is 1. The van der Waals surface area contributed by atoms with E-state index in [-0.39, 0.29) is 12.3 Å². The highest BCUT2D eigenvalue weighted by atomic mass is 79.9. The first-order valence-corrected chi connectivity index (χ1v) is 13.1. The molecule has 33 heavy (non-hydrogen) atoms. The lowest BCUT2D eigenvalue weighted by Gasteiger charge is -2.16. The van der Waals surface area contributed by atoms with Crippen LogP contribution in [0.15, 0.2) is 52.8 Å². The van der Waals surface area contributed by atoms with E-state index in [1.807, 2.05) is 28.5 Å². The summed E-state index contributed by atoms with van der Waals surface area (Å²) < 4.78 is 9.31. The van der Waals surface area contributed by atoms with Crippen molar-refractivity contribution in [3.8, 4) is 0 Å². The molecule has 3 heterocycles. The molecule has 1 aromatic carbocycles. The van der Waals surface area contributed by atoms with Gasteiger partial charge in [-0.1, -0.05) is 22.0 Å². The molecule has 3 aromatic rings. The Kier molecular flexibility index (Phi) is 8.11. The Bertz CT molecular complexity index is 1120. The number of allylic oxidation sites excluding steroid dienone is 1. The molecule has 0 amide bonds. The van der Waals surface area contributed by atoms with Crippen LogP contribution in [0.3, 0.4) is 0 Å². The van der Waals surface area contributed by atoms with Gasteiger partial charge in [-0.3, -0.25) is 4.57 Å². The van der Waals surface area contributed by atoms with Crippen LogP contribution in [-0.4, -0.2) is 43.7 Å². The van der Waals surface area contributed by atoms with Gasteiger partial charge in [-0.2, -0.15) is 11.8 Å². The third-order valence-corrected chi connectivity index (χ3v) is 7.13. The predicted octanol–water partition coefficient (Wildman–Crippen LogP) is 4.93. The van der Waals surface area contributed by atoms with E-state index in [9.17, 15) is 0 Å². The van der Waals surface area contributed by atoms with Crippen LogP contribution >= 0.6 is 27.7 Å². The molecule has 10 heteroatoms. The molecule has 4 N–H and O–H groups in total. The van der Waals surface area contributed by atoms with Crippen molar-refractivity contribution < 1.29 is 4.74 Å². The van der Waals surface area contributed by atoms with Gasteiger partial charge in [0, 0.05) is 22.5 Å². The summed E-state index contributed by atoms with van der Waals surface area (Å²) in [5.41, 5.74) is 9.56. The molecule has 1 aliphatic rings. The lowest BCUT2D eigenvalue weighted by Crippen LogP contribution is -2.22. The van der Waals surface area contributed by atoms with Crippen molar-refractivity contribution >= 4 is 50.4 Å². The number of thioether (sulfide) groups is 1. The molecular weight excluding hydrogens is 502 g/mol. The molecule has 1 fully saturated rings. The van der Waals surface area contributed by atoms with Crippen LogP contribution in [0.2, 0.25) is 0 Å². The molecule has 1 saturated heterocycles. The third-order valence-electron chi connectivity index (χ3n) is 5.45. The van der Waals surface area contributed by atoms with Gasteiger partial charge in [-0.05, 0) is 62.6 Å². The first kappa shape index (κ1) is 23.8. The minimum Gasteiger partial charge on any atom is -0.382 e. The predicted molar refractivity (Wildman–Crippen MR) is 139 cm³/mol. The fourth-order valence-corrected chi connectivity index (χ4v) is 5.18. The Hall–Kier alpha value is -2.30. The Morgan fingerprint density at radius 3 is 2.97 bits per heavy atom. The standard InChI is InChI=1S/C23H30BrN7OS/c1-15(2)22(30-17-6-3-5-16(24)11-17)26-9-4-10-33-12-18-7-8-19(32-18)31-14-29-20-21(25)27-13-28-23(20)31/h3,5-6,11,13-14,18-19,26,30H,4,7-10,12H2,1-2H3,(H2,25,27,28). The maximum atomic E-state index is 6.27. The topological polar surface area (TPSA) is 103 Å². The molecule has 0 saturated carbocycles. The van der Waals surface area contributed by atoms with E-state index in [1.165, 1.54) is 11.9 Å². The number of nitrogens with one attached hydrogen (secondary N) is 2.